The minimum Gasteiger partial charge on any atom is -0.368 e. The molecule has 1 aromatic heterocycles. The summed E-state index contributed by atoms with van der Waals surface area (Å²) in [4.78, 5) is 8.71. The van der Waals surface area contributed by atoms with Gasteiger partial charge >= 0.3 is 0 Å². The number of aromatic nitrogens is 2. The lowest BCUT2D eigenvalue weighted by atomic mass is 9.99. The SMILES string of the molecule is NCc1cccc(Cc2cccc3nc(N)nc(NCc4ccc(F)c(F)c4)c23)c1. The minimum atomic E-state index is -0.887. The monoisotopic (exact) mass is 405 g/mol. The van der Waals surface area contributed by atoms with Gasteiger partial charge in [-0.15, -0.1) is 0 Å². The third kappa shape index (κ3) is 4.21. The fraction of sp³-hybridized carbons (Fsp3) is 0.130. The molecule has 3 aromatic carbocycles. The molecule has 5 nitrogen and oxygen atoms in total. The maximum atomic E-state index is 13.5. The molecule has 0 atom stereocenters. The van der Waals surface area contributed by atoms with E-state index in [2.05, 4.69) is 21.4 Å². The van der Waals surface area contributed by atoms with Gasteiger partial charge in [-0.2, -0.15) is 4.98 Å². The molecule has 0 spiro atoms. The van der Waals surface area contributed by atoms with Gasteiger partial charge in [0.1, 0.15) is 5.82 Å². The number of hydrogen-bond donors (Lipinski definition) is 3. The summed E-state index contributed by atoms with van der Waals surface area (Å²) in [7, 11) is 0. The van der Waals surface area contributed by atoms with Crippen LogP contribution in [0.25, 0.3) is 10.9 Å². The normalized spacial score (nSPS) is 11.0. The number of rotatable bonds is 6. The molecule has 5 N–H and O–H groups in total. The van der Waals surface area contributed by atoms with Crippen molar-refractivity contribution in [3.05, 3.63) is 94.6 Å². The highest BCUT2D eigenvalue weighted by molar-refractivity contribution is 5.93. The maximum Gasteiger partial charge on any atom is 0.222 e. The Labute approximate surface area is 172 Å². The lowest BCUT2D eigenvalue weighted by Crippen LogP contribution is -2.07. The van der Waals surface area contributed by atoms with E-state index in [0.29, 0.717) is 29.9 Å². The minimum absolute atomic E-state index is 0.137. The molecular formula is C23H21F2N5. The first-order valence-electron chi connectivity index (χ1n) is 9.54. The van der Waals surface area contributed by atoms with Crippen LogP contribution in [-0.4, -0.2) is 9.97 Å². The molecular weight excluding hydrogens is 384 g/mol. The van der Waals surface area contributed by atoms with E-state index >= 15 is 0 Å². The molecule has 7 heteroatoms. The van der Waals surface area contributed by atoms with Crippen molar-refractivity contribution in [3.63, 3.8) is 0 Å². The van der Waals surface area contributed by atoms with E-state index < -0.39 is 11.6 Å². The third-order valence-electron chi connectivity index (χ3n) is 4.89. The summed E-state index contributed by atoms with van der Waals surface area (Å²) in [6.45, 7) is 0.740. The van der Waals surface area contributed by atoms with Gasteiger partial charge in [0.05, 0.1) is 5.52 Å². The summed E-state index contributed by atoms with van der Waals surface area (Å²) >= 11 is 0. The molecule has 30 heavy (non-hydrogen) atoms. The Balaban J connectivity index is 1.70. The highest BCUT2D eigenvalue weighted by atomic mass is 19.2. The zero-order valence-corrected chi connectivity index (χ0v) is 16.2. The molecule has 4 rings (SSSR count). The van der Waals surface area contributed by atoms with Crippen molar-refractivity contribution in [1.82, 2.24) is 9.97 Å². The van der Waals surface area contributed by atoms with E-state index in [1.807, 2.05) is 36.4 Å². The van der Waals surface area contributed by atoms with Crippen LogP contribution in [0, 0.1) is 11.6 Å². The molecule has 0 saturated carbocycles. The summed E-state index contributed by atoms with van der Waals surface area (Å²) in [6.07, 6.45) is 0.665. The highest BCUT2D eigenvalue weighted by Gasteiger charge is 2.12. The Kier molecular flexibility index (Phi) is 5.54. The molecule has 1 heterocycles. The van der Waals surface area contributed by atoms with E-state index in [-0.39, 0.29) is 12.5 Å². The predicted octanol–water partition coefficient (Wildman–Crippen LogP) is 4.15. The maximum absolute atomic E-state index is 13.5. The van der Waals surface area contributed by atoms with Gasteiger partial charge in [0, 0.05) is 18.5 Å². The van der Waals surface area contributed by atoms with Crippen LogP contribution in [0.2, 0.25) is 0 Å². The first kappa shape index (κ1) is 19.7. The van der Waals surface area contributed by atoms with E-state index in [4.69, 9.17) is 11.5 Å². The average Bonchev–Trinajstić information content (AvgIpc) is 2.74. The van der Waals surface area contributed by atoms with Gasteiger partial charge in [-0.05, 0) is 46.9 Å². The number of nitrogen functional groups attached to an aromatic ring is 1. The fourth-order valence-corrected chi connectivity index (χ4v) is 3.47. The smallest absolute Gasteiger partial charge is 0.222 e. The molecule has 0 aliphatic rings. The van der Waals surface area contributed by atoms with E-state index in [9.17, 15) is 8.78 Å². The van der Waals surface area contributed by atoms with Crippen LogP contribution in [0.15, 0.2) is 60.7 Å². The van der Waals surface area contributed by atoms with E-state index in [1.165, 1.54) is 6.07 Å². The largest absolute Gasteiger partial charge is 0.368 e. The molecule has 0 aliphatic carbocycles. The second-order valence-corrected chi connectivity index (χ2v) is 7.04. The van der Waals surface area contributed by atoms with Crippen molar-refractivity contribution in [2.24, 2.45) is 5.73 Å². The molecule has 0 fully saturated rings. The number of nitrogens with two attached hydrogens (primary N) is 2. The quantitative estimate of drug-likeness (QED) is 0.448. The fourth-order valence-electron chi connectivity index (χ4n) is 3.47. The summed E-state index contributed by atoms with van der Waals surface area (Å²) in [5.74, 6) is -1.08. The molecule has 0 aliphatic heterocycles. The summed E-state index contributed by atoms with van der Waals surface area (Å²) < 4.78 is 26.7. The first-order chi connectivity index (χ1) is 14.5. The zero-order valence-electron chi connectivity index (χ0n) is 16.2. The van der Waals surface area contributed by atoms with Crippen molar-refractivity contribution < 1.29 is 8.78 Å². The number of anilines is 2. The van der Waals surface area contributed by atoms with Gasteiger partial charge in [0.25, 0.3) is 0 Å². The first-order valence-corrected chi connectivity index (χ1v) is 9.54. The van der Waals surface area contributed by atoms with Crippen LogP contribution in [-0.2, 0) is 19.5 Å². The number of benzene rings is 3. The lowest BCUT2D eigenvalue weighted by Gasteiger charge is -2.14. The van der Waals surface area contributed by atoms with Crippen molar-refractivity contribution in [2.45, 2.75) is 19.5 Å². The zero-order chi connectivity index (χ0) is 21.1. The van der Waals surface area contributed by atoms with Crippen molar-refractivity contribution in [1.29, 1.82) is 0 Å². The molecule has 4 aromatic rings. The standard InChI is InChI=1S/C23H21F2N5/c24-18-8-7-16(11-19(18)25)13-28-22-21-17(5-2-6-20(21)29-23(27)30-22)10-14-3-1-4-15(9-14)12-26/h1-9,11H,10,12-13,26H2,(H3,27,28,29,30). The van der Waals surface area contributed by atoms with E-state index in [0.717, 1.165) is 34.2 Å². The van der Waals surface area contributed by atoms with Crippen LogP contribution in [0.4, 0.5) is 20.5 Å². The van der Waals surface area contributed by atoms with Crippen LogP contribution in [0.5, 0.6) is 0 Å². The van der Waals surface area contributed by atoms with Gasteiger partial charge in [0.15, 0.2) is 11.6 Å². The molecule has 0 bridgehead atoms. The van der Waals surface area contributed by atoms with Crippen LogP contribution >= 0.6 is 0 Å². The van der Waals surface area contributed by atoms with Crippen molar-refractivity contribution >= 4 is 22.7 Å². The Morgan fingerprint density at radius 3 is 2.43 bits per heavy atom. The Morgan fingerprint density at radius 1 is 0.833 bits per heavy atom. The highest BCUT2D eigenvalue weighted by Crippen LogP contribution is 2.28. The van der Waals surface area contributed by atoms with Crippen LogP contribution in [0.3, 0.4) is 0 Å². The molecule has 0 radical (unpaired) electrons. The van der Waals surface area contributed by atoms with E-state index in [1.54, 1.807) is 0 Å². The lowest BCUT2D eigenvalue weighted by molar-refractivity contribution is 0.507. The summed E-state index contributed by atoms with van der Waals surface area (Å²) in [6, 6.07) is 17.7. The number of nitrogens with one attached hydrogen (secondary N) is 1. The van der Waals surface area contributed by atoms with Crippen molar-refractivity contribution in [2.75, 3.05) is 11.1 Å². The second kappa shape index (κ2) is 8.42. The number of halogens is 2. The van der Waals surface area contributed by atoms with Gasteiger partial charge in [-0.3, -0.25) is 0 Å². The van der Waals surface area contributed by atoms with Gasteiger partial charge in [0.2, 0.25) is 5.95 Å². The number of hydrogen-bond acceptors (Lipinski definition) is 5. The Bertz CT molecular complexity index is 1210. The molecule has 0 unspecified atom stereocenters. The summed E-state index contributed by atoms with van der Waals surface area (Å²) in [5, 5.41) is 4.04. The number of nitrogens with zero attached hydrogens (tertiary/aromatic N) is 2. The van der Waals surface area contributed by atoms with Crippen LogP contribution in [0.1, 0.15) is 22.3 Å². The third-order valence-corrected chi connectivity index (χ3v) is 4.89. The Hall–Kier alpha value is -3.58. The average molecular weight is 405 g/mol. The molecule has 152 valence electrons. The Morgan fingerprint density at radius 2 is 1.63 bits per heavy atom. The topological polar surface area (TPSA) is 89.8 Å². The van der Waals surface area contributed by atoms with Crippen molar-refractivity contribution in [3.8, 4) is 0 Å². The molecule has 0 saturated heterocycles. The van der Waals surface area contributed by atoms with Gasteiger partial charge in [-0.1, -0.05) is 42.5 Å². The molecule has 0 amide bonds. The second-order valence-electron chi connectivity index (χ2n) is 7.04. The summed E-state index contributed by atoms with van der Waals surface area (Å²) in [5.41, 5.74) is 16.2. The predicted molar refractivity (Wildman–Crippen MR) is 115 cm³/mol. The van der Waals surface area contributed by atoms with Crippen LogP contribution < -0.4 is 16.8 Å². The van der Waals surface area contributed by atoms with Gasteiger partial charge in [-0.25, -0.2) is 13.8 Å². The van der Waals surface area contributed by atoms with Gasteiger partial charge < -0.3 is 16.8 Å². The number of fused-ring (bicyclic) bond motifs is 1.